The van der Waals surface area contributed by atoms with Crippen LogP contribution in [0.4, 0.5) is 0 Å². The van der Waals surface area contributed by atoms with Gasteiger partial charge in [0.1, 0.15) is 0 Å². The fraction of sp³-hybridized carbons (Fsp3) is 0.714. The van der Waals surface area contributed by atoms with Gasteiger partial charge in [0.15, 0.2) is 0 Å². The van der Waals surface area contributed by atoms with Crippen LogP contribution in [-0.2, 0) is 11.3 Å². The van der Waals surface area contributed by atoms with E-state index >= 15 is 0 Å². The van der Waals surface area contributed by atoms with E-state index in [9.17, 15) is 4.79 Å². The van der Waals surface area contributed by atoms with Crippen molar-refractivity contribution >= 4 is 17.3 Å². The van der Waals surface area contributed by atoms with Gasteiger partial charge in [-0.2, -0.15) is 0 Å². The van der Waals surface area contributed by atoms with Crippen molar-refractivity contribution in [2.24, 2.45) is 0 Å². The molecule has 0 aromatic carbocycles. The molecule has 0 bridgehead atoms. The molecule has 6 heteroatoms. The standard InChI is InChI=1S/C14H23N3O2S/c1-3-17(12-6-5-7-15-8-12)9-11-10-20-13(16-11)14(18)19-4-2/h10,12,15H,3-9H2,1-2H3. The average molecular weight is 297 g/mol. The van der Waals surface area contributed by atoms with E-state index in [1.165, 1.54) is 24.2 Å². The Morgan fingerprint density at radius 3 is 3.10 bits per heavy atom. The van der Waals surface area contributed by atoms with Gasteiger partial charge in [-0.15, -0.1) is 11.3 Å². The van der Waals surface area contributed by atoms with E-state index in [0.29, 0.717) is 17.7 Å². The van der Waals surface area contributed by atoms with Gasteiger partial charge in [-0.3, -0.25) is 4.90 Å². The van der Waals surface area contributed by atoms with Crippen molar-refractivity contribution in [3.05, 3.63) is 16.1 Å². The average Bonchev–Trinajstić information content (AvgIpc) is 2.94. The zero-order chi connectivity index (χ0) is 14.4. The molecule has 1 saturated heterocycles. The van der Waals surface area contributed by atoms with Gasteiger partial charge in [0, 0.05) is 24.5 Å². The maximum atomic E-state index is 11.6. The number of ether oxygens (including phenoxy) is 1. The summed E-state index contributed by atoms with van der Waals surface area (Å²) in [7, 11) is 0. The molecule has 2 rings (SSSR count). The molecule has 2 heterocycles. The fourth-order valence-electron chi connectivity index (χ4n) is 2.52. The highest BCUT2D eigenvalue weighted by Crippen LogP contribution is 2.17. The molecule has 5 nitrogen and oxygen atoms in total. The number of likely N-dealkylation sites (N-methyl/N-ethyl adjacent to an activating group) is 1. The van der Waals surface area contributed by atoms with Crippen LogP contribution < -0.4 is 5.32 Å². The Labute approximate surface area is 124 Å². The summed E-state index contributed by atoms with van der Waals surface area (Å²) in [5.74, 6) is -0.314. The van der Waals surface area contributed by atoms with E-state index in [4.69, 9.17) is 4.74 Å². The molecule has 1 fully saturated rings. The summed E-state index contributed by atoms with van der Waals surface area (Å²) in [6.07, 6.45) is 2.46. The highest BCUT2D eigenvalue weighted by atomic mass is 32.1. The molecule has 1 aromatic heterocycles. The first-order valence-corrected chi connectivity index (χ1v) is 8.18. The normalized spacial score (nSPS) is 19.2. The number of aromatic nitrogens is 1. The van der Waals surface area contributed by atoms with Crippen molar-refractivity contribution < 1.29 is 9.53 Å². The largest absolute Gasteiger partial charge is 0.461 e. The second-order valence-corrected chi connectivity index (χ2v) is 5.79. The van der Waals surface area contributed by atoms with Crippen molar-refractivity contribution in [3.8, 4) is 0 Å². The number of carbonyl (C=O) groups is 1. The molecule has 1 aliphatic heterocycles. The Kier molecular flexibility index (Phi) is 5.94. The summed E-state index contributed by atoms with van der Waals surface area (Å²) in [5, 5.41) is 5.86. The van der Waals surface area contributed by atoms with Crippen LogP contribution in [0, 0.1) is 0 Å². The second-order valence-electron chi connectivity index (χ2n) is 4.93. The topological polar surface area (TPSA) is 54.5 Å². The lowest BCUT2D eigenvalue weighted by Gasteiger charge is -2.33. The van der Waals surface area contributed by atoms with Crippen molar-refractivity contribution in [1.82, 2.24) is 15.2 Å². The lowest BCUT2D eigenvalue weighted by atomic mass is 10.1. The van der Waals surface area contributed by atoms with Crippen molar-refractivity contribution in [3.63, 3.8) is 0 Å². The van der Waals surface area contributed by atoms with E-state index in [1.807, 2.05) is 5.38 Å². The predicted octanol–water partition coefficient (Wildman–Crippen LogP) is 1.89. The van der Waals surface area contributed by atoms with Gasteiger partial charge in [-0.05, 0) is 32.9 Å². The molecule has 0 aliphatic carbocycles. The molecule has 1 atom stereocenters. The van der Waals surface area contributed by atoms with Crippen molar-refractivity contribution in [1.29, 1.82) is 0 Å². The molecular formula is C14H23N3O2S. The van der Waals surface area contributed by atoms with Gasteiger partial charge in [0.25, 0.3) is 0 Å². The highest BCUT2D eigenvalue weighted by molar-refractivity contribution is 7.11. The first kappa shape index (κ1) is 15.4. The molecule has 112 valence electrons. The quantitative estimate of drug-likeness (QED) is 0.813. The second kappa shape index (κ2) is 7.71. The Balaban J connectivity index is 1.95. The summed E-state index contributed by atoms with van der Waals surface area (Å²) in [4.78, 5) is 18.4. The number of hydrogen-bond acceptors (Lipinski definition) is 6. The Morgan fingerprint density at radius 1 is 1.60 bits per heavy atom. The summed E-state index contributed by atoms with van der Waals surface area (Å²) >= 11 is 1.37. The van der Waals surface area contributed by atoms with Crippen molar-refractivity contribution in [2.45, 2.75) is 39.3 Å². The van der Waals surface area contributed by atoms with E-state index in [1.54, 1.807) is 6.92 Å². The van der Waals surface area contributed by atoms with Crippen LogP contribution in [0.25, 0.3) is 0 Å². The Morgan fingerprint density at radius 2 is 2.45 bits per heavy atom. The van der Waals surface area contributed by atoms with Crippen molar-refractivity contribution in [2.75, 3.05) is 26.2 Å². The van der Waals surface area contributed by atoms with Crippen LogP contribution >= 0.6 is 11.3 Å². The van der Waals surface area contributed by atoms with Gasteiger partial charge in [0.05, 0.1) is 12.3 Å². The molecule has 0 amide bonds. The minimum atomic E-state index is -0.314. The third-order valence-electron chi connectivity index (χ3n) is 3.56. The number of hydrogen-bond donors (Lipinski definition) is 1. The Bertz CT molecular complexity index is 430. The van der Waals surface area contributed by atoms with Gasteiger partial charge >= 0.3 is 5.97 Å². The highest BCUT2D eigenvalue weighted by Gasteiger charge is 2.21. The minimum absolute atomic E-state index is 0.314. The molecule has 1 unspecified atom stereocenters. The summed E-state index contributed by atoms with van der Waals surface area (Å²) in [6.45, 7) is 8.34. The Hall–Kier alpha value is -0.980. The van der Waals surface area contributed by atoms with Crippen LogP contribution in [-0.4, -0.2) is 48.1 Å². The number of nitrogens with zero attached hydrogens (tertiary/aromatic N) is 2. The predicted molar refractivity (Wildman–Crippen MR) is 80.0 cm³/mol. The third-order valence-corrected chi connectivity index (χ3v) is 4.43. The fourth-order valence-corrected chi connectivity index (χ4v) is 3.22. The SMILES string of the molecule is CCOC(=O)c1nc(CN(CC)C2CCCNC2)cs1. The number of rotatable bonds is 6. The summed E-state index contributed by atoms with van der Waals surface area (Å²) in [6, 6.07) is 0.571. The number of carbonyl (C=O) groups excluding carboxylic acids is 1. The van der Waals surface area contributed by atoms with Gasteiger partial charge in [-0.25, -0.2) is 9.78 Å². The third kappa shape index (κ3) is 4.01. The molecular weight excluding hydrogens is 274 g/mol. The van der Waals surface area contributed by atoms with E-state index in [2.05, 4.69) is 22.1 Å². The van der Waals surface area contributed by atoms with Gasteiger partial charge in [0.2, 0.25) is 5.01 Å². The lowest BCUT2D eigenvalue weighted by Crippen LogP contribution is -2.45. The van der Waals surface area contributed by atoms with Crippen LogP contribution in [0.1, 0.15) is 42.2 Å². The molecule has 20 heavy (non-hydrogen) atoms. The minimum Gasteiger partial charge on any atom is -0.461 e. The number of piperidine rings is 1. The summed E-state index contributed by atoms with van der Waals surface area (Å²) in [5.41, 5.74) is 0.963. The zero-order valence-corrected chi connectivity index (χ0v) is 13.0. The monoisotopic (exact) mass is 297 g/mol. The van der Waals surface area contributed by atoms with E-state index < -0.39 is 0 Å². The van der Waals surface area contributed by atoms with Crippen LogP contribution in [0.15, 0.2) is 5.38 Å². The number of esters is 1. The molecule has 0 radical (unpaired) electrons. The lowest BCUT2D eigenvalue weighted by molar-refractivity contribution is 0.0525. The van der Waals surface area contributed by atoms with Crippen LogP contribution in [0.3, 0.4) is 0 Å². The van der Waals surface area contributed by atoms with E-state index in [-0.39, 0.29) is 5.97 Å². The molecule has 0 saturated carbocycles. The van der Waals surface area contributed by atoms with Crippen LogP contribution in [0.5, 0.6) is 0 Å². The van der Waals surface area contributed by atoms with E-state index in [0.717, 1.165) is 31.9 Å². The summed E-state index contributed by atoms with van der Waals surface area (Å²) < 4.78 is 4.97. The first-order valence-electron chi connectivity index (χ1n) is 7.30. The molecule has 1 aliphatic rings. The molecule has 1 aromatic rings. The number of nitrogens with one attached hydrogen (secondary N) is 1. The molecule has 0 spiro atoms. The maximum Gasteiger partial charge on any atom is 0.367 e. The number of thiazole rings is 1. The zero-order valence-electron chi connectivity index (χ0n) is 12.2. The molecule has 1 N–H and O–H groups in total. The van der Waals surface area contributed by atoms with Gasteiger partial charge < -0.3 is 10.1 Å². The maximum absolute atomic E-state index is 11.6. The van der Waals surface area contributed by atoms with Crippen LogP contribution in [0.2, 0.25) is 0 Å². The van der Waals surface area contributed by atoms with Gasteiger partial charge in [-0.1, -0.05) is 6.92 Å². The first-order chi connectivity index (χ1) is 9.74. The smallest absolute Gasteiger partial charge is 0.367 e.